The number of amides is 1. The van der Waals surface area contributed by atoms with Crippen LogP contribution >= 0.6 is 0 Å². The van der Waals surface area contributed by atoms with E-state index < -0.39 is 0 Å². The quantitative estimate of drug-likeness (QED) is 0.727. The molecular formula is C18H22N6O. The van der Waals surface area contributed by atoms with Gasteiger partial charge in [-0.2, -0.15) is 0 Å². The Morgan fingerprint density at radius 3 is 2.68 bits per heavy atom. The Kier molecular flexibility index (Phi) is 3.99. The first-order valence-electron chi connectivity index (χ1n) is 8.84. The average molecular weight is 338 g/mol. The summed E-state index contributed by atoms with van der Waals surface area (Å²) in [6, 6.07) is 7.98. The smallest absolute Gasteiger partial charge is 0.243 e. The van der Waals surface area contributed by atoms with Crippen LogP contribution in [-0.4, -0.2) is 41.7 Å². The van der Waals surface area contributed by atoms with E-state index in [1.807, 2.05) is 33.7 Å². The second-order valence-corrected chi connectivity index (χ2v) is 6.31. The second-order valence-electron chi connectivity index (χ2n) is 6.31. The van der Waals surface area contributed by atoms with E-state index in [0.29, 0.717) is 19.6 Å². The van der Waals surface area contributed by atoms with Crippen molar-refractivity contribution in [1.29, 1.82) is 0 Å². The molecule has 0 aliphatic carbocycles. The molecule has 0 spiro atoms. The maximum absolute atomic E-state index is 12.9. The summed E-state index contributed by atoms with van der Waals surface area (Å²) >= 11 is 0. The van der Waals surface area contributed by atoms with E-state index in [4.69, 9.17) is 0 Å². The molecule has 1 amide bonds. The van der Waals surface area contributed by atoms with Gasteiger partial charge in [0.2, 0.25) is 5.91 Å². The van der Waals surface area contributed by atoms with Gasteiger partial charge in [0, 0.05) is 25.9 Å². The van der Waals surface area contributed by atoms with Gasteiger partial charge >= 0.3 is 0 Å². The summed E-state index contributed by atoms with van der Waals surface area (Å²) in [5.41, 5.74) is 1.96. The molecule has 3 aromatic rings. The van der Waals surface area contributed by atoms with Gasteiger partial charge in [-0.25, -0.2) is 4.98 Å². The number of para-hydroxylation sites is 2. The average Bonchev–Trinajstić information content (AvgIpc) is 3.22. The van der Waals surface area contributed by atoms with E-state index in [1.165, 1.54) is 0 Å². The SMILES string of the molecule is CCc1nnc2n1CCN(C(=O)Cn1c(CC)nc3ccccc31)C2. The molecule has 0 radical (unpaired) electrons. The summed E-state index contributed by atoms with van der Waals surface area (Å²) in [6.07, 6.45) is 1.66. The molecule has 0 unspecified atom stereocenters. The highest BCUT2D eigenvalue weighted by atomic mass is 16.2. The van der Waals surface area contributed by atoms with Crippen LogP contribution in [-0.2, 0) is 37.3 Å². The topological polar surface area (TPSA) is 68.8 Å². The number of aromatic nitrogens is 5. The lowest BCUT2D eigenvalue weighted by molar-refractivity contribution is -0.133. The number of hydrogen-bond donors (Lipinski definition) is 0. The lowest BCUT2D eigenvalue weighted by Crippen LogP contribution is -2.40. The van der Waals surface area contributed by atoms with Crippen molar-refractivity contribution in [2.24, 2.45) is 0 Å². The minimum atomic E-state index is 0.102. The monoisotopic (exact) mass is 338 g/mol. The Morgan fingerprint density at radius 1 is 1.08 bits per heavy atom. The Morgan fingerprint density at radius 2 is 1.88 bits per heavy atom. The fourth-order valence-electron chi connectivity index (χ4n) is 3.50. The molecule has 0 saturated carbocycles. The molecule has 25 heavy (non-hydrogen) atoms. The molecule has 1 aliphatic heterocycles. The fourth-order valence-corrected chi connectivity index (χ4v) is 3.50. The van der Waals surface area contributed by atoms with Crippen molar-refractivity contribution in [2.45, 2.75) is 46.3 Å². The van der Waals surface area contributed by atoms with Crippen molar-refractivity contribution in [3.63, 3.8) is 0 Å². The highest BCUT2D eigenvalue weighted by Gasteiger charge is 2.25. The number of carbonyl (C=O) groups excluding carboxylic acids is 1. The molecule has 2 aromatic heterocycles. The number of imidazole rings is 1. The third kappa shape index (κ3) is 2.69. The first-order valence-corrected chi connectivity index (χ1v) is 8.84. The molecule has 4 rings (SSSR count). The molecule has 0 N–H and O–H groups in total. The Labute approximate surface area is 146 Å². The van der Waals surface area contributed by atoms with E-state index in [2.05, 4.69) is 33.6 Å². The fraction of sp³-hybridized carbons (Fsp3) is 0.444. The van der Waals surface area contributed by atoms with Gasteiger partial charge in [0.15, 0.2) is 5.82 Å². The first-order chi connectivity index (χ1) is 12.2. The van der Waals surface area contributed by atoms with Gasteiger partial charge in [-0.05, 0) is 12.1 Å². The van der Waals surface area contributed by atoms with Crippen molar-refractivity contribution < 1.29 is 4.79 Å². The zero-order valence-corrected chi connectivity index (χ0v) is 14.6. The molecule has 7 heteroatoms. The zero-order chi connectivity index (χ0) is 17.4. The maximum atomic E-state index is 12.9. The van der Waals surface area contributed by atoms with Crippen molar-refractivity contribution in [3.8, 4) is 0 Å². The van der Waals surface area contributed by atoms with Crippen LogP contribution in [0.3, 0.4) is 0 Å². The van der Waals surface area contributed by atoms with Crippen molar-refractivity contribution in [1.82, 2.24) is 29.2 Å². The van der Waals surface area contributed by atoms with Crippen LogP contribution in [0.1, 0.15) is 31.3 Å². The normalized spacial score (nSPS) is 14.1. The van der Waals surface area contributed by atoms with E-state index in [-0.39, 0.29) is 5.91 Å². The van der Waals surface area contributed by atoms with Crippen LogP contribution in [0, 0.1) is 0 Å². The predicted octanol–water partition coefficient (Wildman–Crippen LogP) is 1.79. The highest BCUT2D eigenvalue weighted by molar-refractivity contribution is 5.81. The number of rotatable bonds is 4. The third-order valence-corrected chi connectivity index (χ3v) is 4.84. The largest absolute Gasteiger partial charge is 0.332 e. The second kappa shape index (κ2) is 6.31. The van der Waals surface area contributed by atoms with E-state index >= 15 is 0 Å². The Bertz CT molecular complexity index is 925. The molecule has 7 nitrogen and oxygen atoms in total. The Hall–Kier alpha value is -2.70. The molecular weight excluding hydrogens is 316 g/mol. The van der Waals surface area contributed by atoms with Gasteiger partial charge in [-0.3, -0.25) is 4.79 Å². The third-order valence-electron chi connectivity index (χ3n) is 4.84. The molecule has 3 heterocycles. The first kappa shape index (κ1) is 15.8. The van der Waals surface area contributed by atoms with Gasteiger partial charge in [0.05, 0.1) is 17.6 Å². The molecule has 1 aliphatic rings. The zero-order valence-electron chi connectivity index (χ0n) is 14.6. The van der Waals surface area contributed by atoms with Gasteiger partial charge in [0.1, 0.15) is 18.2 Å². The Balaban J connectivity index is 1.57. The predicted molar refractivity (Wildman–Crippen MR) is 93.9 cm³/mol. The minimum Gasteiger partial charge on any atom is -0.332 e. The van der Waals surface area contributed by atoms with Gasteiger partial charge < -0.3 is 14.0 Å². The van der Waals surface area contributed by atoms with Crippen LogP contribution in [0.2, 0.25) is 0 Å². The molecule has 130 valence electrons. The molecule has 1 aromatic carbocycles. The van der Waals surface area contributed by atoms with Crippen LogP contribution in [0.15, 0.2) is 24.3 Å². The van der Waals surface area contributed by atoms with Crippen molar-refractivity contribution in [3.05, 3.63) is 41.7 Å². The maximum Gasteiger partial charge on any atom is 0.243 e. The summed E-state index contributed by atoms with van der Waals surface area (Å²) in [5, 5.41) is 8.45. The molecule has 0 atom stereocenters. The van der Waals surface area contributed by atoms with Gasteiger partial charge in [0.25, 0.3) is 0 Å². The summed E-state index contributed by atoms with van der Waals surface area (Å²) in [6.45, 7) is 6.45. The lowest BCUT2D eigenvalue weighted by atomic mass is 10.3. The van der Waals surface area contributed by atoms with E-state index in [0.717, 1.165) is 47.9 Å². The molecule has 0 fully saturated rings. The number of nitrogens with zero attached hydrogens (tertiary/aromatic N) is 6. The summed E-state index contributed by atoms with van der Waals surface area (Å²) in [7, 11) is 0. The van der Waals surface area contributed by atoms with Gasteiger partial charge in [-0.1, -0.05) is 26.0 Å². The van der Waals surface area contributed by atoms with E-state index in [1.54, 1.807) is 0 Å². The summed E-state index contributed by atoms with van der Waals surface area (Å²) < 4.78 is 4.17. The summed E-state index contributed by atoms with van der Waals surface area (Å²) in [4.78, 5) is 19.4. The summed E-state index contributed by atoms with van der Waals surface area (Å²) in [5.74, 6) is 2.92. The number of carbonyl (C=O) groups is 1. The number of hydrogen-bond acceptors (Lipinski definition) is 4. The van der Waals surface area contributed by atoms with Crippen molar-refractivity contribution in [2.75, 3.05) is 6.54 Å². The van der Waals surface area contributed by atoms with Crippen LogP contribution in [0.4, 0.5) is 0 Å². The van der Waals surface area contributed by atoms with E-state index in [9.17, 15) is 4.79 Å². The molecule has 0 saturated heterocycles. The highest BCUT2D eigenvalue weighted by Crippen LogP contribution is 2.18. The minimum absolute atomic E-state index is 0.102. The number of benzene rings is 1. The van der Waals surface area contributed by atoms with Crippen molar-refractivity contribution >= 4 is 16.9 Å². The van der Waals surface area contributed by atoms with Crippen LogP contribution in [0.25, 0.3) is 11.0 Å². The lowest BCUT2D eigenvalue weighted by Gasteiger charge is -2.28. The van der Waals surface area contributed by atoms with Gasteiger partial charge in [-0.15, -0.1) is 10.2 Å². The molecule has 0 bridgehead atoms. The van der Waals surface area contributed by atoms with Crippen LogP contribution in [0.5, 0.6) is 0 Å². The van der Waals surface area contributed by atoms with Crippen LogP contribution < -0.4 is 0 Å². The standard InChI is InChI=1S/C18H22N6O/c1-3-15-19-13-7-5-6-8-14(13)24(15)12-18(25)22-9-10-23-16(4-2)20-21-17(23)11-22/h5-8H,3-4,9-12H2,1-2H3. The number of aryl methyl sites for hydroxylation is 2. The number of fused-ring (bicyclic) bond motifs is 2.